The van der Waals surface area contributed by atoms with Crippen LogP contribution in [0.5, 0.6) is 11.6 Å². The largest absolute Gasteiger partial charge is 0.480 e. The maximum atomic E-state index is 6.28. The molecule has 2 atom stereocenters. The van der Waals surface area contributed by atoms with E-state index in [2.05, 4.69) is 34.6 Å². The molecular formula is C17H20N2O2. The molecule has 1 saturated heterocycles. The average Bonchev–Trinajstić information content (AvgIpc) is 3.08. The van der Waals surface area contributed by atoms with Crippen LogP contribution in [0.2, 0.25) is 0 Å². The van der Waals surface area contributed by atoms with Crippen LogP contribution >= 0.6 is 0 Å². The van der Waals surface area contributed by atoms with Crippen LogP contribution in [0.4, 0.5) is 0 Å². The van der Waals surface area contributed by atoms with Gasteiger partial charge in [0.25, 0.3) is 5.88 Å². The minimum atomic E-state index is 0.0132. The molecule has 2 aromatic rings. The second kappa shape index (κ2) is 6.59. The summed E-state index contributed by atoms with van der Waals surface area (Å²) < 4.78 is 11.6. The van der Waals surface area contributed by atoms with Crippen LogP contribution in [0.15, 0.2) is 48.7 Å². The highest BCUT2D eigenvalue weighted by atomic mass is 16.5. The van der Waals surface area contributed by atoms with Crippen molar-refractivity contribution in [2.75, 3.05) is 20.2 Å². The summed E-state index contributed by atoms with van der Waals surface area (Å²) in [6.45, 7) is 2.02. The monoisotopic (exact) mass is 284 g/mol. The highest BCUT2D eigenvalue weighted by Crippen LogP contribution is 2.35. The van der Waals surface area contributed by atoms with Crippen molar-refractivity contribution in [2.24, 2.45) is 5.92 Å². The number of aromatic nitrogens is 1. The molecule has 1 aromatic carbocycles. The van der Waals surface area contributed by atoms with Crippen molar-refractivity contribution in [1.29, 1.82) is 0 Å². The summed E-state index contributed by atoms with van der Waals surface area (Å²) in [6.07, 6.45) is 2.84. The Bertz CT molecular complexity index is 568. The molecule has 0 aliphatic carbocycles. The number of benzene rings is 1. The summed E-state index contributed by atoms with van der Waals surface area (Å²) in [4.78, 5) is 4.21. The van der Waals surface area contributed by atoms with Crippen LogP contribution in [-0.4, -0.2) is 25.2 Å². The van der Waals surface area contributed by atoms with Crippen LogP contribution in [0.1, 0.15) is 18.1 Å². The molecule has 3 rings (SSSR count). The third kappa shape index (κ3) is 3.16. The van der Waals surface area contributed by atoms with E-state index >= 15 is 0 Å². The van der Waals surface area contributed by atoms with E-state index in [0.717, 1.165) is 19.5 Å². The number of ether oxygens (including phenoxy) is 2. The van der Waals surface area contributed by atoms with Crippen LogP contribution in [-0.2, 0) is 0 Å². The van der Waals surface area contributed by atoms with Gasteiger partial charge in [-0.05, 0) is 30.7 Å². The fourth-order valence-corrected chi connectivity index (χ4v) is 2.77. The number of nitrogens with zero attached hydrogens (tertiary/aromatic N) is 1. The van der Waals surface area contributed by atoms with E-state index in [0.29, 0.717) is 17.5 Å². The molecule has 2 heterocycles. The smallest absolute Gasteiger partial charge is 0.256 e. The molecule has 110 valence electrons. The van der Waals surface area contributed by atoms with Gasteiger partial charge in [-0.2, -0.15) is 0 Å². The van der Waals surface area contributed by atoms with Crippen LogP contribution in [0.3, 0.4) is 0 Å². The third-order valence-electron chi connectivity index (χ3n) is 3.84. The lowest BCUT2D eigenvalue weighted by Gasteiger charge is -2.25. The van der Waals surface area contributed by atoms with E-state index in [-0.39, 0.29) is 6.10 Å². The van der Waals surface area contributed by atoms with Gasteiger partial charge in [-0.25, -0.2) is 4.98 Å². The second-order valence-corrected chi connectivity index (χ2v) is 5.21. The molecule has 0 radical (unpaired) electrons. The van der Waals surface area contributed by atoms with Gasteiger partial charge in [0.1, 0.15) is 6.10 Å². The molecule has 0 bridgehead atoms. The summed E-state index contributed by atoms with van der Waals surface area (Å²) in [6, 6.07) is 14.1. The molecule has 0 spiro atoms. The fourth-order valence-electron chi connectivity index (χ4n) is 2.77. The highest BCUT2D eigenvalue weighted by molar-refractivity contribution is 5.33. The van der Waals surface area contributed by atoms with Crippen LogP contribution < -0.4 is 14.8 Å². The van der Waals surface area contributed by atoms with Crippen LogP contribution in [0, 0.1) is 5.92 Å². The standard InChI is InChI=1S/C17H20N2O2/c1-20-17-15(8-5-10-19-17)21-16(14-9-11-18-12-14)13-6-3-2-4-7-13/h2-8,10,14,16,18H,9,11-12H2,1H3/t14?,16-/m1/s1. The highest BCUT2D eigenvalue weighted by Gasteiger charge is 2.28. The lowest BCUT2D eigenvalue weighted by atomic mass is 9.95. The quantitative estimate of drug-likeness (QED) is 0.917. The third-order valence-corrected chi connectivity index (χ3v) is 3.84. The normalized spacial score (nSPS) is 19.2. The molecular weight excluding hydrogens is 264 g/mol. The Balaban J connectivity index is 1.88. The summed E-state index contributed by atoms with van der Waals surface area (Å²) in [5.74, 6) is 1.68. The fraction of sp³-hybridized carbons (Fsp3) is 0.353. The molecule has 1 unspecified atom stereocenters. The average molecular weight is 284 g/mol. The maximum absolute atomic E-state index is 6.28. The van der Waals surface area contributed by atoms with Gasteiger partial charge >= 0.3 is 0 Å². The molecule has 4 nitrogen and oxygen atoms in total. The zero-order chi connectivity index (χ0) is 14.5. The van der Waals surface area contributed by atoms with Gasteiger partial charge in [-0.1, -0.05) is 30.3 Å². The van der Waals surface area contributed by atoms with E-state index in [1.165, 1.54) is 5.56 Å². The first-order chi connectivity index (χ1) is 10.4. The molecule has 1 aliphatic heterocycles. The van der Waals surface area contributed by atoms with Gasteiger partial charge in [0.05, 0.1) is 7.11 Å². The second-order valence-electron chi connectivity index (χ2n) is 5.21. The van der Waals surface area contributed by atoms with Crippen molar-refractivity contribution >= 4 is 0 Å². The predicted octanol–water partition coefficient (Wildman–Crippen LogP) is 2.82. The Labute approximate surface area is 125 Å². The Morgan fingerprint density at radius 3 is 2.76 bits per heavy atom. The molecule has 4 heteroatoms. The Morgan fingerprint density at radius 2 is 2.05 bits per heavy atom. The summed E-state index contributed by atoms with van der Waals surface area (Å²) >= 11 is 0. The van der Waals surface area contributed by atoms with Crippen molar-refractivity contribution < 1.29 is 9.47 Å². The van der Waals surface area contributed by atoms with Gasteiger partial charge in [-0.3, -0.25) is 0 Å². The minimum absolute atomic E-state index is 0.0132. The topological polar surface area (TPSA) is 43.4 Å². The van der Waals surface area contributed by atoms with Crippen molar-refractivity contribution in [3.63, 3.8) is 0 Å². The van der Waals surface area contributed by atoms with Crippen molar-refractivity contribution in [2.45, 2.75) is 12.5 Å². The Morgan fingerprint density at radius 1 is 1.19 bits per heavy atom. The van der Waals surface area contributed by atoms with Gasteiger partial charge < -0.3 is 14.8 Å². The number of hydrogen-bond acceptors (Lipinski definition) is 4. The molecule has 0 amide bonds. The molecule has 0 saturated carbocycles. The summed E-state index contributed by atoms with van der Waals surface area (Å²) in [5, 5.41) is 3.41. The minimum Gasteiger partial charge on any atom is -0.480 e. The number of nitrogens with one attached hydrogen (secondary N) is 1. The van der Waals surface area contributed by atoms with Crippen molar-refractivity contribution in [3.05, 3.63) is 54.2 Å². The number of hydrogen-bond donors (Lipinski definition) is 1. The number of pyridine rings is 1. The van der Waals surface area contributed by atoms with Gasteiger partial charge in [0.15, 0.2) is 5.75 Å². The molecule has 21 heavy (non-hydrogen) atoms. The van der Waals surface area contributed by atoms with Gasteiger partial charge in [0, 0.05) is 18.7 Å². The molecule has 1 aromatic heterocycles. The zero-order valence-corrected chi connectivity index (χ0v) is 12.2. The van der Waals surface area contributed by atoms with Crippen molar-refractivity contribution in [1.82, 2.24) is 10.3 Å². The molecule has 1 aliphatic rings. The first-order valence-corrected chi connectivity index (χ1v) is 7.30. The van der Waals surface area contributed by atoms with Gasteiger partial charge in [0.2, 0.25) is 0 Å². The van der Waals surface area contributed by atoms with E-state index in [9.17, 15) is 0 Å². The Hall–Kier alpha value is -2.07. The molecule has 1 fully saturated rings. The van der Waals surface area contributed by atoms with E-state index in [1.807, 2.05) is 18.2 Å². The number of rotatable bonds is 5. The molecule has 1 N–H and O–H groups in total. The predicted molar refractivity (Wildman–Crippen MR) is 81.6 cm³/mol. The summed E-state index contributed by atoms with van der Waals surface area (Å²) in [5.41, 5.74) is 1.19. The summed E-state index contributed by atoms with van der Waals surface area (Å²) in [7, 11) is 1.61. The first kappa shape index (κ1) is 13.9. The van der Waals surface area contributed by atoms with Crippen LogP contribution in [0.25, 0.3) is 0 Å². The number of methoxy groups -OCH3 is 1. The lowest BCUT2D eigenvalue weighted by Crippen LogP contribution is -2.21. The first-order valence-electron chi connectivity index (χ1n) is 7.30. The maximum Gasteiger partial charge on any atom is 0.256 e. The van der Waals surface area contributed by atoms with E-state index in [4.69, 9.17) is 9.47 Å². The van der Waals surface area contributed by atoms with E-state index < -0.39 is 0 Å². The van der Waals surface area contributed by atoms with E-state index in [1.54, 1.807) is 13.3 Å². The van der Waals surface area contributed by atoms with Crippen molar-refractivity contribution in [3.8, 4) is 11.6 Å². The van der Waals surface area contributed by atoms with Gasteiger partial charge in [-0.15, -0.1) is 0 Å². The zero-order valence-electron chi connectivity index (χ0n) is 12.2. The SMILES string of the molecule is COc1ncccc1O[C@H](c1ccccc1)C1CCNC1. The Kier molecular flexibility index (Phi) is 4.36. The lowest BCUT2D eigenvalue weighted by molar-refractivity contribution is 0.138.